The number of benzene rings is 9. The van der Waals surface area contributed by atoms with Gasteiger partial charge in [0.15, 0.2) is 12.0 Å². The Hall–Kier alpha value is -7.30. The summed E-state index contributed by atoms with van der Waals surface area (Å²) in [5, 5.41) is 10.7. The Labute approximate surface area is 319 Å². The van der Waals surface area contributed by atoms with Crippen LogP contribution < -0.4 is 15.0 Å². The van der Waals surface area contributed by atoms with Crippen molar-refractivity contribution in [1.82, 2.24) is 4.57 Å². The summed E-state index contributed by atoms with van der Waals surface area (Å²) in [6.45, 7) is 0. The molecule has 1 N–H and O–H groups in total. The Balaban J connectivity index is 1.05. The molecule has 4 nitrogen and oxygen atoms in total. The predicted molar refractivity (Wildman–Crippen MR) is 229 cm³/mol. The van der Waals surface area contributed by atoms with Gasteiger partial charge in [-0.25, -0.2) is 0 Å². The highest BCUT2D eigenvalue weighted by atomic mass is 16.5. The van der Waals surface area contributed by atoms with E-state index >= 15 is 0 Å². The van der Waals surface area contributed by atoms with E-state index in [-0.39, 0.29) is 6.23 Å². The number of rotatable bonds is 6. The Morgan fingerprint density at radius 2 is 1.11 bits per heavy atom. The van der Waals surface area contributed by atoms with Crippen molar-refractivity contribution in [3.63, 3.8) is 0 Å². The third kappa shape index (κ3) is 5.22. The second kappa shape index (κ2) is 12.7. The number of fused-ring (bicyclic) bond motifs is 8. The molecular weight excluding hydrogens is 671 g/mol. The zero-order valence-corrected chi connectivity index (χ0v) is 29.9. The molecular formula is C51H35N3O. The molecule has 0 saturated carbocycles. The van der Waals surface area contributed by atoms with Crippen LogP contribution in [0.25, 0.3) is 60.2 Å². The number of hydrogen-bond donors (Lipinski definition) is 1. The number of aromatic nitrogens is 1. The Morgan fingerprint density at radius 1 is 0.455 bits per heavy atom. The fourth-order valence-electron chi connectivity index (χ4n) is 8.40. The molecule has 11 rings (SSSR count). The highest BCUT2D eigenvalue weighted by Crippen LogP contribution is 2.47. The van der Waals surface area contributed by atoms with E-state index in [4.69, 9.17) is 4.74 Å². The van der Waals surface area contributed by atoms with Gasteiger partial charge in [0.1, 0.15) is 0 Å². The number of hydrogen-bond acceptors (Lipinski definition) is 3. The molecule has 10 aromatic rings. The quantitative estimate of drug-likeness (QED) is 0.175. The topological polar surface area (TPSA) is 29.4 Å². The lowest BCUT2D eigenvalue weighted by Gasteiger charge is -2.26. The summed E-state index contributed by atoms with van der Waals surface area (Å²) in [5.74, 6) is 0.904. The summed E-state index contributed by atoms with van der Waals surface area (Å²) in [7, 11) is 0. The van der Waals surface area contributed by atoms with E-state index in [0.29, 0.717) is 0 Å². The van der Waals surface area contributed by atoms with Gasteiger partial charge in [-0.3, -0.25) is 0 Å². The van der Waals surface area contributed by atoms with E-state index in [1.807, 2.05) is 6.07 Å². The molecule has 0 bridgehead atoms. The van der Waals surface area contributed by atoms with Gasteiger partial charge in [0, 0.05) is 44.5 Å². The lowest BCUT2D eigenvalue weighted by Crippen LogP contribution is -2.10. The van der Waals surface area contributed by atoms with E-state index in [0.717, 1.165) is 61.6 Å². The molecule has 4 heteroatoms. The van der Waals surface area contributed by atoms with Crippen molar-refractivity contribution >= 4 is 66.1 Å². The number of nitrogens with zero attached hydrogens (tertiary/aromatic N) is 2. The van der Waals surface area contributed by atoms with Crippen molar-refractivity contribution in [3.8, 4) is 22.6 Å². The van der Waals surface area contributed by atoms with Crippen LogP contribution in [0.3, 0.4) is 0 Å². The van der Waals surface area contributed by atoms with Crippen LogP contribution in [-0.2, 0) is 0 Å². The fourth-order valence-corrected chi connectivity index (χ4v) is 8.40. The molecule has 1 unspecified atom stereocenters. The van der Waals surface area contributed by atoms with Gasteiger partial charge in [0.25, 0.3) is 0 Å². The van der Waals surface area contributed by atoms with Gasteiger partial charge < -0.3 is 19.5 Å². The lowest BCUT2D eigenvalue weighted by molar-refractivity contribution is 0.263. The second-order valence-corrected chi connectivity index (χ2v) is 14.2. The van der Waals surface area contributed by atoms with Gasteiger partial charge in [-0.2, -0.15) is 0 Å². The van der Waals surface area contributed by atoms with Gasteiger partial charge in [0.2, 0.25) is 0 Å². The highest BCUT2D eigenvalue weighted by Gasteiger charge is 2.26. The Morgan fingerprint density at radius 3 is 1.96 bits per heavy atom. The third-order valence-electron chi connectivity index (χ3n) is 11.0. The summed E-state index contributed by atoms with van der Waals surface area (Å²) in [5.41, 5.74) is 11.2. The van der Waals surface area contributed by atoms with E-state index in [1.54, 1.807) is 0 Å². The van der Waals surface area contributed by atoms with Crippen molar-refractivity contribution < 1.29 is 4.74 Å². The normalized spacial score (nSPS) is 13.6. The number of nitrogens with one attached hydrogen (secondary N) is 1. The van der Waals surface area contributed by atoms with E-state index in [9.17, 15) is 0 Å². The summed E-state index contributed by atoms with van der Waals surface area (Å²) < 4.78 is 9.06. The van der Waals surface area contributed by atoms with Crippen molar-refractivity contribution in [2.45, 2.75) is 6.23 Å². The van der Waals surface area contributed by atoms with Gasteiger partial charge in [-0.1, -0.05) is 133 Å². The molecule has 0 aliphatic carbocycles. The molecule has 0 radical (unpaired) electrons. The molecule has 55 heavy (non-hydrogen) atoms. The zero-order valence-electron chi connectivity index (χ0n) is 29.9. The van der Waals surface area contributed by atoms with Crippen molar-refractivity contribution in [2.24, 2.45) is 0 Å². The fraction of sp³-hybridized carbons (Fsp3) is 0.0196. The minimum atomic E-state index is -0.228. The van der Waals surface area contributed by atoms with Crippen LogP contribution in [0.15, 0.2) is 200 Å². The molecule has 1 aliphatic rings. The highest BCUT2D eigenvalue weighted by molar-refractivity contribution is 6.14. The zero-order chi connectivity index (χ0) is 36.3. The van der Waals surface area contributed by atoms with E-state index in [2.05, 4.69) is 209 Å². The van der Waals surface area contributed by atoms with Gasteiger partial charge in [0.05, 0.1) is 16.7 Å². The minimum Gasteiger partial charge on any atom is -0.464 e. The third-order valence-corrected chi connectivity index (χ3v) is 11.0. The molecule has 0 saturated heterocycles. The average Bonchev–Trinajstić information content (AvgIpc) is 3.84. The second-order valence-electron chi connectivity index (χ2n) is 14.2. The van der Waals surface area contributed by atoms with E-state index < -0.39 is 0 Å². The first-order valence-corrected chi connectivity index (χ1v) is 18.8. The van der Waals surface area contributed by atoms with Crippen LogP contribution in [0.1, 0.15) is 11.8 Å². The minimum absolute atomic E-state index is 0.228. The monoisotopic (exact) mass is 705 g/mol. The van der Waals surface area contributed by atoms with Crippen molar-refractivity contribution in [3.05, 3.63) is 206 Å². The van der Waals surface area contributed by atoms with Gasteiger partial charge >= 0.3 is 0 Å². The van der Waals surface area contributed by atoms with Crippen LogP contribution >= 0.6 is 0 Å². The molecule has 2 heterocycles. The van der Waals surface area contributed by atoms with Crippen LogP contribution in [0.5, 0.6) is 5.75 Å². The molecule has 1 aromatic heterocycles. The SMILES string of the molecule is c1ccc(C2Nc3ccc4ccc5ccc(-c6cccc(N(c7ccccc7)c7ccc8c9ccccc9n(-c9ccccc9)c8c7)c6)cc5c4c3O2)cc1. The predicted octanol–water partition coefficient (Wildman–Crippen LogP) is 13.7. The van der Waals surface area contributed by atoms with Crippen molar-refractivity contribution in [1.29, 1.82) is 0 Å². The summed E-state index contributed by atoms with van der Waals surface area (Å²) >= 11 is 0. The summed E-state index contributed by atoms with van der Waals surface area (Å²) in [6.07, 6.45) is -0.228. The lowest BCUT2D eigenvalue weighted by atomic mass is 9.96. The molecule has 260 valence electrons. The maximum absolute atomic E-state index is 6.68. The van der Waals surface area contributed by atoms with E-state index in [1.165, 1.54) is 32.6 Å². The molecule has 0 spiro atoms. The first-order valence-electron chi connectivity index (χ1n) is 18.8. The standard InChI is InChI=1S/C51H35N3O/c1-4-13-36(14-5-1)51-52-46-30-27-35-25-23-34-24-26-38(32-45(34)49(35)50(46)55-51)37-15-12-20-41(31-37)53(39-16-6-2-7-17-39)42-28-29-44-43-21-10-11-22-47(43)54(48(44)33-42)40-18-8-3-9-19-40/h1-33,51-52H. The van der Waals surface area contributed by atoms with Gasteiger partial charge in [-0.15, -0.1) is 0 Å². The maximum Gasteiger partial charge on any atom is 0.196 e. The molecule has 9 aromatic carbocycles. The van der Waals surface area contributed by atoms with Crippen LogP contribution in [0, 0.1) is 0 Å². The summed E-state index contributed by atoms with van der Waals surface area (Å²) in [6, 6.07) is 71.6. The number of para-hydroxylation sites is 3. The van der Waals surface area contributed by atoms with Crippen LogP contribution in [-0.4, -0.2) is 4.57 Å². The molecule has 1 aliphatic heterocycles. The first-order chi connectivity index (χ1) is 27.3. The molecule has 0 fully saturated rings. The maximum atomic E-state index is 6.68. The first kappa shape index (κ1) is 31.2. The Kier molecular flexibility index (Phi) is 7.20. The van der Waals surface area contributed by atoms with Crippen LogP contribution in [0.2, 0.25) is 0 Å². The van der Waals surface area contributed by atoms with Gasteiger partial charge in [-0.05, 0) is 94.0 Å². The molecule has 1 atom stereocenters. The van der Waals surface area contributed by atoms with Crippen LogP contribution in [0.4, 0.5) is 22.7 Å². The molecule has 0 amide bonds. The summed E-state index contributed by atoms with van der Waals surface area (Å²) in [4.78, 5) is 2.36. The largest absolute Gasteiger partial charge is 0.464 e. The Bertz CT molecular complexity index is 3040. The smallest absolute Gasteiger partial charge is 0.196 e. The van der Waals surface area contributed by atoms with Crippen molar-refractivity contribution in [2.75, 3.05) is 10.2 Å². The number of ether oxygens (including phenoxy) is 1. The number of anilines is 4. The average molecular weight is 706 g/mol.